The van der Waals surface area contributed by atoms with Gasteiger partial charge in [0.25, 0.3) is 11.8 Å². The maximum Gasteiger partial charge on any atom is 0.354 e. The van der Waals surface area contributed by atoms with Gasteiger partial charge in [-0.15, -0.1) is 0 Å². The fourth-order valence-corrected chi connectivity index (χ4v) is 7.29. The Labute approximate surface area is 207 Å². The van der Waals surface area contributed by atoms with Crippen molar-refractivity contribution in [2.75, 3.05) is 7.11 Å². The molecule has 1 aromatic rings. The number of fused-ring (bicyclic) bond motifs is 1. The number of Topliss-reactive ketones (excluding diaryl/α,β-unsaturated/α-hetero) is 1. The monoisotopic (exact) mass is 498 g/mol. The molecule has 1 unspecified atom stereocenters. The summed E-state index contributed by atoms with van der Waals surface area (Å²) in [5.41, 5.74) is 2.97. The van der Waals surface area contributed by atoms with Crippen molar-refractivity contribution in [3.63, 3.8) is 0 Å². The van der Waals surface area contributed by atoms with Crippen LogP contribution < -0.4 is 5.32 Å². The molecule has 1 N–H and O–H groups in total. The number of hydrogen-bond donors (Lipinski definition) is 1. The van der Waals surface area contributed by atoms with Gasteiger partial charge in [-0.2, -0.15) is 0 Å². The van der Waals surface area contributed by atoms with Crippen LogP contribution in [0.4, 0.5) is 0 Å². The number of esters is 1. The molecular formula is C26H30N2O6S. The lowest BCUT2D eigenvalue weighted by Gasteiger charge is -2.51. The summed E-state index contributed by atoms with van der Waals surface area (Å²) in [6, 6.07) is 7.25. The standard InChI is InChI=1S/C26H30N2O6S/c1-13-11-15(3)18(12-14(13)2)21(29)22-16(4)20(26(32)34-5)28-24(31)19(25(28)35(22)33)27-23(30)17-9-7-6-8-10-17/h6-10,15,18-19,22,25H,11-12H2,1-5H3,(H,27,30)/t15-,18-,19+,22-,25+,35?/m0/s1. The second kappa shape index (κ2) is 9.53. The van der Waals surface area contributed by atoms with Crippen LogP contribution in [-0.4, -0.2) is 56.5 Å². The highest BCUT2D eigenvalue weighted by atomic mass is 32.2. The summed E-state index contributed by atoms with van der Waals surface area (Å²) in [6.07, 6.45) is 1.35. The lowest BCUT2D eigenvalue weighted by molar-refractivity contribution is -0.150. The molecule has 0 bridgehead atoms. The van der Waals surface area contributed by atoms with Crippen molar-refractivity contribution < 1.29 is 28.1 Å². The average molecular weight is 499 g/mol. The van der Waals surface area contributed by atoms with E-state index in [9.17, 15) is 23.4 Å². The minimum absolute atomic E-state index is 0.0578. The number of ketones is 1. The van der Waals surface area contributed by atoms with Crippen molar-refractivity contribution >= 4 is 34.4 Å². The number of rotatable bonds is 5. The maximum absolute atomic E-state index is 13.8. The van der Waals surface area contributed by atoms with Gasteiger partial charge in [0, 0.05) is 11.5 Å². The van der Waals surface area contributed by atoms with E-state index in [4.69, 9.17) is 4.74 Å². The first-order valence-electron chi connectivity index (χ1n) is 11.6. The van der Waals surface area contributed by atoms with Crippen LogP contribution in [-0.2, 0) is 29.9 Å². The van der Waals surface area contributed by atoms with Gasteiger partial charge >= 0.3 is 5.97 Å². The quantitative estimate of drug-likeness (QED) is 0.380. The van der Waals surface area contributed by atoms with Gasteiger partial charge in [0.2, 0.25) is 0 Å². The number of nitrogens with one attached hydrogen (secondary N) is 1. The van der Waals surface area contributed by atoms with E-state index in [-0.39, 0.29) is 28.9 Å². The first-order valence-corrected chi connectivity index (χ1v) is 12.9. The number of methoxy groups -OCH3 is 1. The van der Waals surface area contributed by atoms with Crippen molar-refractivity contribution in [3.05, 3.63) is 58.3 Å². The summed E-state index contributed by atoms with van der Waals surface area (Å²) in [6.45, 7) is 7.63. The summed E-state index contributed by atoms with van der Waals surface area (Å²) < 4.78 is 18.7. The minimum atomic E-state index is -1.87. The number of nitrogens with zero attached hydrogens (tertiary/aromatic N) is 1. The fourth-order valence-electron chi connectivity index (χ4n) is 5.28. The van der Waals surface area contributed by atoms with Crippen LogP contribution in [0.15, 0.2) is 52.7 Å². The Morgan fingerprint density at radius 3 is 2.31 bits per heavy atom. The van der Waals surface area contributed by atoms with Crippen LogP contribution in [0.3, 0.4) is 0 Å². The molecule has 6 atom stereocenters. The summed E-state index contributed by atoms with van der Waals surface area (Å²) in [7, 11) is -0.673. The van der Waals surface area contributed by atoms with Gasteiger partial charge in [0.15, 0.2) is 5.78 Å². The van der Waals surface area contributed by atoms with E-state index in [1.807, 2.05) is 13.8 Å². The Balaban J connectivity index is 1.69. The highest BCUT2D eigenvalue weighted by Crippen LogP contribution is 2.42. The van der Waals surface area contributed by atoms with E-state index < -0.39 is 45.2 Å². The number of carbonyl (C=O) groups is 4. The van der Waals surface area contributed by atoms with E-state index in [2.05, 4.69) is 12.2 Å². The number of allylic oxidation sites excluding steroid dienone is 2. The van der Waals surface area contributed by atoms with Gasteiger partial charge in [-0.1, -0.05) is 36.3 Å². The second-order valence-corrected chi connectivity index (χ2v) is 11.2. The third-order valence-electron chi connectivity index (χ3n) is 7.42. The molecule has 1 fully saturated rings. The Morgan fingerprint density at radius 1 is 1.06 bits per heavy atom. The van der Waals surface area contributed by atoms with E-state index in [0.29, 0.717) is 12.0 Å². The third kappa shape index (κ3) is 4.16. The van der Waals surface area contributed by atoms with E-state index in [1.165, 1.54) is 12.7 Å². The van der Waals surface area contributed by atoms with E-state index >= 15 is 0 Å². The predicted molar refractivity (Wildman–Crippen MR) is 130 cm³/mol. The molecule has 4 rings (SSSR count). The Morgan fingerprint density at radius 2 is 1.69 bits per heavy atom. The molecule has 2 aliphatic heterocycles. The van der Waals surface area contributed by atoms with Crippen LogP contribution in [0.5, 0.6) is 0 Å². The molecule has 8 nitrogen and oxygen atoms in total. The summed E-state index contributed by atoms with van der Waals surface area (Å²) in [5.74, 6) is -2.31. The van der Waals surface area contributed by atoms with Gasteiger partial charge in [0.05, 0.1) is 17.9 Å². The SMILES string of the molecule is COC(=O)C1=C(C)[C@@H](C(=O)[C@H]2CC(C)=C(C)C[C@@H]2C)S(=O)[C@@H]2[C@H](NC(=O)c3ccccc3)C(=O)N12. The molecule has 9 heteroatoms. The number of carbonyl (C=O) groups excluding carboxylic acids is 4. The molecule has 1 saturated heterocycles. The first kappa shape index (κ1) is 25.0. The molecule has 1 aliphatic carbocycles. The van der Waals surface area contributed by atoms with E-state index in [1.54, 1.807) is 37.3 Å². The minimum Gasteiger partial charge on any atom is -0.464 e. The summed E-state index contributed by atoms with van der Waals surface area (Å²) in [5, 5.41) is 0.558. The molecule has 186 valence electrons. The fraction of sp³-hybridized carbons (Fsp3) is 0.462. The predicted octanol–water partition coefficient (Wildman–Crippen LogP) is 2.48. The lowest BCUT2D eigenvalue weighted by Crippen LogP contribution is -2.75. The summed E-state index contributed by atoms with van der Waals surface area (Å²) in [4.78, 5) is 53.4. The van der Waals surface area contributed by atoms with Gasteiger partial charge in [-0.3, -0.25) is 23.5 Å². The highest BCUT2D eigenvalue weighted by Gasteiger charge is 2.60. The third-order valence-corrected chi connectivity index (χ3v) is 9.43. The normalized spacial score (nSPS) is 30.4. The van der Waals surface area contributed by atoms with Crippen LogP contribution in [0.25, 0.3) is 0 Å². The molecule has 2 amide bonds. The van der Waals surface area contributed by atoms with Crippen LogP contribution in [0.1, 0.15) is 50.9 Å². The van der Waals surface area contributed by atoms with Crippen molar-refractivity contribution in [1.82, 2.24) is 10.2 Å². The second-order valence-electron chi connectivity index (χ2n) is 9.60. The Bertz CT molecular complexity index is 1190. The molecule has 2 heterocycles. The zero-order valence-corrected chi connectivity index (χ0v) is 21.3. The molecule has 3 aliphatic rings. The zero-order chi connectivity index (χ0) is 25.6. The van der Waals surface area contributed by atoms with Gasteiger partial charge < -0.3 is 10.1 Å². The highest BCUT2D eigenvalue weighted by molar-refractivity contribution is 7.87. The lowest BCUT2D eigenvalue weighted by atomic mass is 9.74. The summed E-state index contributed by atoms with van der Waals surface area (Å²) >= 11 is 0. The van der Waals surface area contributed by atoms with Crippen molar-refractivity contribution in [1.29, 1.82) is 0 Å². The zero-order valence-electron chi connectivity index (χ0n) is 20.5. The van der Waals surface area contributed by atoms with Crippen molar-refractivity contribution in [2.24, 2.45) is 11.8 Å². The molecule has 0 saturated carbocycles. The van der Waals surface area contributed by atoms with E-state index in [0.717, 1.165) is 16.9 Å². The number of β-lactam (4-membered cyclic amide) rings is 1. The number of hydrogen-bond acceptors (Lipinski definition) is 6. The number of benzene rings is 1. The largest absolute Gasteiger partial charge is 0.464 e. The average Bonchev–Trinajstić information content (AvgIpc) is 2.84. The first-order chi connectivity index (χ1) is 16.6. The molecule has 0 aromatic heterocycles. The van der Waals surface area contributed by atoms with Gasteiger partial charge in [-0.25, -0.2) is 4.79 Å². The Kier molecular flexibility index (Phi) is 6.81. The van der Waals surface area contributed by atoms with Crippen molar-refractivity contribution in [3.8, 4) is 0 Å². The van der Waals surface area contributed by atoms with Crippen LogP contribution in [0.2, 0.25) is 0 Å². The smallest absolute Gasteiger partial charge is 0.354 e. The molecular weight excluding hydrogens is 468 g/mol. The van der Waals surface area contributed by atoms with Crippen molar-refractivity contribution in [2.45, 2.75) is 57.2 Å². The molecule has 1 aromatic carbocycles. The van der Waals surface area contributed by atoms with Crippen LogP contribution >= 0.6 is 0 Å². The number of ether oxygens (including phenoxy) is 1. The number of amides is 2. The van der Waals surface area contributed by atoms with Gasteiger partial charge in [-0.05, 0) is 57.2 Å². The molecule has 0 spiro atoms. The van der Waals surface area contributed by atoms with Gasteiger partial charge in [0.1, 0.15) is 22.4 Å². The van der Waals surface area contributed by atoms with Crippen LogP contribution in [0, 0.1) is 11.8 Å². The molecule has 35 heavy (non-hydrogen) atoms. The topological polar surface area (TPSA) is 110 Å². The molecule has 0 radical (unpaired) electrons. The Hall–Kier alpha value is -3.07. The maximum atomic E-state index is 13.8.